The molecule has 12 heteroatoms. The average Bonchev–Trinajstić information content (AvgIpc) is 3.07. The van der Waals surface area contributed by atoms with Crippen molar-refractivity contribution in [2.24, 2.45) is 0 Å². The number of halogens is 3. The predicted molar refractivity (Wildman–Crippen MR) is 109 cm³/mol. The van der Waals surface area contributed by atoms with Gasteiger partial charge in [-0.1, -0.05) is 0 Å². The summed E-state index contributed by atoms with van der Waals surface area (Å²) in [5.74, 6) is 0.241. The molecule has 0 saturated carbocycles. The number of rotatable bonds is 6. The van der Waals surface area contributed by atoms with E-state index in [-0.39, 0.29) is 25.2 Å². The zero-order chi connectivity index (χ0) is 23.5. The van der Waals surface area contributed by atoms with E-state index in [1.54, 1.807) is 25.7 Å². The monoisotopic (exact) mass is 456 g/mol. The van der Waals surface area contributed by atoms with Crippen LogP contribution in [0.3, 0.4) is 0 Å². The van der Waals surface area contributed by atoms with E-state index in [9.17, 15) is 18.0 Å². The number of alkyl halides is 3. The van der Waals surface area contributed by atoms with Crippen molar-refractivity contribution >= 4 is 12.0 Å². The number of fused-ring (bicyclic) bond motifs is 1. The molecule has 2 aromatic heterocycles. The van der Waals surface area contributed by atoms with Crippen LogP contribution in [0.5, 0.6) is 0 Å². The van der Waals surface area contributed by atoms with Crippen LogP contribution in [-0.2, 0) is 35.3 Å². The first kappa shape index (κ1) is 23.8. The topological polar surface area (TPSA) is 94.4 Å². The SMILES string of the molecule is C[C@@H](COCc1cc2n(n1)CCN(c1ncc(C(F)(F)F)cn1)C2)NC(=O)OC(C)(C)C. The van der Waals surface area contributed by atoms with Crippen LogP contribution in [0.25, 0.3) is 0 Å². The molecule has 0 aliphatic carbocycles. The summed E-state index contributed by atoms with van der Waals surface area (Å²) in [6.07, 6.45) is -3.38. The second-order valence-corrected chi connectivity index (χ2v) is 8.60. The van der Waals surface area contributed by atoms with Gasteiger partial charge in [0.15, 0.2) is 0 Å². The Morgan fingerprint density at radius 3 is 2.53 bits per heavy atom. The van der Waals surface area contributed by atoms with Gasteiger partial charge >= 0.3 is 12.3 Å². The highest BCUT2D eigenvalue weighted by Gasteiger charge is 2.32. The molecule has 1 amide bonds. The summed E-state index contributed by atoms with van der Waals surface area (Å²) in [4.78, 5) is 21.3. The first-order chi connectivity index (χ1) is 14.9. The smallest absolute Gasteiger partial charge is 0.419 e. The summed E-state index contributed by atoms with van der Waals surface area (Å²) in [6, 6.07) is 1.64. The lowest BCUT2D eigenvalue weighted by Gasteiger charge is -2.27. The number of amides is 1. The molecule has 32 heavy (non-hydrogen) atoms. The molecule has 0 aromatic carbocycles. The van der Waals surface area contributed by atoms with Crippen LogP contribution in [0.2, 0.25) is 0 Å². The molecule has 9 nitrogen and oxygen atoms in total. The fourth-order valence-electron chi connectivity index (χ4n) is 3.09. The highest BCUT2D eigenvalue weighted by molar-refractivity contribution is 5.68. The van der Waals surface area contributed by atoms with Crippen LogP contribution < -0.4 is 10.2 Å². The number of nitrogens with zero attached hydrogens (tertiary/aromatic N) is 5. The van der Waals surface area contributed by atoms with E-state index in [2.05, 4.69) is 20.4 Å². The Hall–Kier alpha value is -2.89. The number of nitrogens with one attached hydrogen (secondary N) is 1. The molecule has 1 aliphatic heterocycles. The van der Waals surface area contributed by atoms with Crippen LogP contribution >= 0.6 is 0 Å². The second-order valence-electron chi connectivity index (χ2n) is 8.60. The molecule has 0 radical (unpaired) electrons. The van der Waals surface area contributed by atoms with Gasteiger partial charge in [-0.05, 0) is 33.8 Å². The summed E-state index contributed by atoms with van der Waals surface area (Å²) in [5.41, 5.74) is 0.162. The van der Waals surface area contributed by atoms with Gasteiger partial charge in [-0.15, -0.1) is 0 Å². The number of alkyl carbamates (subject to hydrolysis) is 1. The fourth-order valence-corrected chi connectivity index (χ4v) is 3.09. The van der Waals surface area contributed by atoms with Crippen LogP contribution in [-0.4, -0.2) is 50.6 Å². The minimum absolute atomic E-state index is 0.241. The van der Waals surface area contributed by atoms with Gasteiger partial charge in [-0.2, -0.15) is 18.3 Å². The molecule has 0 saturated heterocycles. The third-order valence-corrected chi connectivity index (χ3v) is 4.48. The molecule has 1 atom stereocenters. The molecule has 3 rings (SSSR count). The molecule has 176 valence electrons. The highest BCUT2D eigenvalue weighted by Crippen LogP contribution is 2.28. The Morgan fingerprint density at radius 1 is 1.22 bits per heavy atom. The van der Waals surface area contributed by atoms with E-state index in [1.807, 2.05) is 17.7 Å². The maximum Gasteiger partial charge on any atom is 0.419 e. The van der Waals surface area contributed by atoms with Gasteiger partial charge in [0.05, 0.1) is 49.3 Å². The summed E-state index contributed by atoms with van der Waals surface area (Å²) in [6.45, 7) is 9.23. The molecule has 0 unspecified atom stereocenters. The van der Waals surface area contributed by atoms with E-state index in [0.29, 0.717) is 19.6 Å². The molecule has 0 spiro atoms. The lowest BCUT2D eigenvalue weighted by Crippen LogP contribution is -2.39. The number of ether oxygens (including phenoxy) is 2. The Labute approximate surface area is 183 Å². The van der Waals surface area contributed by atoms with Crippen molar-refractivity contribution < 1.29 is 27.4 Å². The van der Waals surface area contributed by atoms with E-state index >= 15 is 0 Å². The third-order valence-electron chi connectivity index (χ3n) is 4.48. The molecule has 2 aromatic rings. The zero-order valence-corrected chi connectivity index (χ0v) is 18.4. The van der Waals surface area contributed by atoms with Gasteiger partial charge in [0, 0.05) is 18.9 Å². The number of hydrogen-bond donors (Lipinski definition) is 1. The lowest BCUT2D eigenvalue weighted by molar-refractivity contribution is -0.138. The maximum atomic E-state index is 12.7. The van der Waals surface area contributed by atoms with Crippen molar-refractivity contribution in [2.45, 2.75) is 65.2 Å². The predicted octanol–water partition coefficient (Wildman–Crippen LogP) is 3.14. The van der Waals surface area contributed by atoms with Crippen LogP contribution in [0.4, 0.5) is 23.9 Å². The first-order valence-electron chi connectivity index (χ1n) is 10.2. The number of hydrogen-bond acceptors (Lipinski definition) is 7. The van der Waals surface area contributed by atoms with Crippen LogP contribution in [0.15, 0.2) is 18.5 Å². The Balaban J connectivity index is 1.49. The van der Waals surface area contributed by atoms with Gasteiger partial charge in [-0.25, -0.2) is 14.8 Å². The minimum Gasteiger partial charge on any atom is -0.444 e. The summed E-state index contributed by atoms with van der Waals surface area (Å²) in [5, 5.41) is 7.20. The number of aromatic nitrogens is 4. The lowest BCUT2D eigenvalue weighted by atomic mass is 10.2. The van der Waals surface area contributed by atoms with E-state index in [1.165, 1.54) is 0 Å². The van der Waals surface area contributed by atoms with Crippen LogP contribution in [0.1, 0.15) is 44.6 Å². The average molecular weight is 456 g/mol. The largest absolute Gasteiger partial charge is 0.444 e. The Kier molecular flexibility index (Phi) is 6.91. The maximum absolute atomic E-state index is 12.7. The molecule has 0 fully saturated rings. The van der Waals surface area contributed by atoms with Gasteiger partial charge in [0.1, 0.15) is 5.60 Å². The van der Waals surface area contributed by atoms with Gasteiger partial charge in [0.25, 0.3) is 0 Å². The molecule has 1 N–H and O–H groups in total. The number of carbonyl (C=O) groups is 1. The van der Waals surface area contributed by atoms with Gasteiger partial charge < -0.3 is 19.7 Å². The zero-order valence-electron chi connectivity index (χ0n) is 18.4. The number of anilines is 1. The molecule has 0 bridgehead atoms. The number of carbonyl (C=O) groups excluding carboxylic acids is 1. The van der Waals surface area contributed by atoms with Crippen molar-refractivity contribution in [1.29, 1.82) is 0 Å². The molecule has 1 aliphatic rings. The summed E-state index contributed by atoms with van der Waals surface area (Å²) < 4.78 is 50.8. The van der Waals surface area contributed by atoms with Crippen molar-refractivity contribution in [1.82, 2.24) is 25.1 Å². The highest BCUT2D eigenvalue weighted by atomic mass is 19.4. The van der Waals surface area contributed by atoms with Crippen molar-refractivity contribution in [3.05, 3.63) is 35.4 Å². The second kappa shape index (κ2) is 9.31. The van der Waals surface area contributed by atoms with E-state index < -0.39 is 23.4 Å². The Morgan fingerprint density at radius 2 is 1.91 bits per heavy atom. The Bertz CT molecular complexity index is 924. The van der Waals surface area contributed by atoms with Crippen molar-refractivity contribution in [2.75, 3.05) is 18.1 Å². The molecular formula is C20H27F3N6O3. The fraction of sp³-hybridized carbons (Fsp3) is 0.600. The minimum atomic E-state index is -4.46. The van der Waals surface area contributed by atoms with Crippen molar-refractivity contribution in [3.63, 3.8) is 0 Å². The van der Waals surface area contributed by atoms with E-state index in [0.717, 1.165) is 23.8 Å². The first-order valence-corrected chi connectivity index (χ1v) is 10.2. The van der Waals surface area contributed by atoms with E-state index in [4.69, 9.17) is 9.47 Å². The molecule has 3 heterocycles. The van der Waals surface area contributed by atoms with Crippen molar-refractivity contribution in [3.8, 4) is 0 Å². The molecular weight excluding hydrogens is 429 g/mol. The standard InChI is InChI=1S/C20H27F3N6O3/c1-13(26-18(30)32-19(2,3)4)11-31-12-15-7-16-10-28(5-6-29(16)27-15)17-24-8-14(9-25-17)20(21,22)23/h7-9,13H,5-6,10-12H2,1-4H3,(H,26,30)/t13-/m0/s1. The van der Waals surface area contributed by atoms with Gasteiger partial charge in [-0.3, -0.25) is 4.68 Å². The summed E-state index contributed by atoms with van der Waals surface area (Å²) in [7, 11) is 0. The quantitative estimate of drug-likeness (QED) is 0.714. The normalized spacial score (nSPS) is 15.3. The summed E-state index contributed by atoms with van der Waals surface area (Å²) >= 11 is 0. The van der Waals surface area contributed by atoms with Crippen LogP contribution in [0, 0.1) is 0 Å². The third kappa shape index (κ3) is 6.55. The van der Waals surface area contributed by atoms with Gasteiger partial charge in [0.2, 0.25) is 5.95 Å².